The molecule has 2 aromatic carbocycles. The lowest BCUT2D eigenvalue weighted by Crippen LogP contribution is -2.32. The zero-order valence-corrected chi connectivity index (χ0v) is 18.0. The van der Waals surface area contributed by atoms with Crippen LogP contribution in [0.3, 0.4) is 0 Å². The zero-order valence-electron chi connectivity index (χ0n) is 16.4. The van der Waals surface area contributed by atoms with Crippen LogP contribution in [-0.2, 0) is 16.1 Å². The summed E-state index contributed by atoms with van der Waals surface area (Å²) >= 11 is 3.41. The first-order valence-electron chi connectivity index (χ1n) is 9.36. The van der Waals surface area contributed by atoms with E-state index in [0.29, 0.717) is 5.76 Å². The van der Waals surface area contributed by atoms with Gasteiger partial charge in [0, 0.05) is 17.0 Å². The molecule has 3 rings (SSSR count). The molecule has 0 aliphatic carbocycles. The molecule has 0 fully saturated rings. The Morgan fingerprint density at radius 3 is 2.34 bits per heavy atom. The van der Waals surface area contributed by atoms with Crippen LogP contribution in [-0.4, -0.2) is 11.8 Å². The van der Waals surface area contributed by atoms with Gasteiger partial charge in [-0.2, -0.15) is 0 Å². The molecule has 1 heterocycles. The summed E-state index contributed by atoms with van der Waals surface area (Å²) in [6.07, 6.45) is 0.156. The van der Waals surface area contributed by atoms with E-state index in [1.54, 1.807) is 0 Å². The van der Waals surface area contributed by atoms with Crippen molar-refractivity contribution >= 4 is 27.7 Å². The van der Waals surface area contributed by atoms with E-state index < -0.39 is 0 Å². The number of rotatable bonds is 7. The number of hydrogen-bond donors (Lipinski definition) is 2. The quantitative estimate of drug-likeness (QED) is 0.533. The number of halogens is 1. The SMILES string of the molecule is CC(=O)NC(CC(=O)NCc1ccc(-c2ccc(Br)cc2)o1)c1ccc(C)cc1. The number of carbonyl (C=O) groups is 2. The van der Waals surface area contributed by atoms with Gasteiger partial charge < -0.3 is 15.1 Å². The maximum absolute atomic E-state index is 12.5. The van der Waals surface area contributed by atoms with Crippen molar-refractivity contribution in [3.8, 4) is 11.3 Å². The van der Waals surface area contributed by atoms with Gasteiger partial charge in [0.25, 0.3) is 0 Å². The Labute approximate surface area is 178 Å². The fourth-order valence-electron chi connectivity index (χ4n) is 2.98. The van der Waals surface area contributed by atoms with Crippen LogP contribution in [0.4, 0.5) is 0 Å². The Morgan fingerprint density at radius 1 is 1.00 bits per heavy atom. The summed E-state index contributed by atoms with van der Waals surface area (Å²) in [5.41, 5.74) is 2.99. The summed E-state index contributed by atoms with van der Waals surface area (Å²) in [6, 6.07) is 19.0. The standard InChI is InChI=1S/C23H23BrN2O3/c1-15-3-5-17(6-4-15)21(26-16(2)27)13-23(28)25-14-20-11-12-22(29-20)18-7-9-19(24)10-8-18/h3-12,21H,13-14H2,1-2H3,(H,25,28)(H,26,27). The third kappa shape index (κ3) is 6.06. The summed E-state index contributed by atoms with van der Waals surface area (Å²) in [7, 11) is 0. The molecule has 0 spiro atoms. The zero-order chi connectivity index (χ0) is 20.8. The summed E-state index contributed by atoms with van der Waals surface area (Å²) in [5, 5.41) is 5.71. The van der Waals surface area contributed by atoms with E-state index in [2.05, 4.69) is 26.6 Å². The van der Waals surface area contributed by atoms with Gasteiger partial charge in [-0.15, -0.1) is 0 Å². The molecule has 150 valence electrons. The molecule has 0 aliphatic heterocycles. The predicted molar refractivity (Wildman–Crippen MR) is 116 cm³/mol. The molecule has 0 radical (unpaired) electrons. The number of hydrogen-bond acceptors (Lipinski definition) is 3. The summed E-state index contributed by atoms with van der Waals surface area (Å²) in [5.74, 6) is 1.08. The number of nitrogens with one attached hydrogen (secondary N) is 2. The summed E-state index contributed by atoms with van der Waals surface area (Å²) in [6.45, 7) is 3.73. The average Bonchev–Trinajstić information content (AvgIpc) is 3.16. The normalized spacial score (nSPS) is 11.7. The molecule has 2 N–H and O–H groups in total. The third-order valence-corrected chi connectivity index (χ3v) is 5.03. The van der Waals surface area contributed by atoms with E-state index in [-0.39, 0.29) is 30.8 Å². The number of carbonyl (C=O) groups excluding carboxylic acids is 2. The van der Waals surface area contributed by atoms with Crippen molar-refractivity contribution in [1.29, 1.82) is 0 Å². The van der Waals surface area contributed by atoms with Crippen LogP contribution >= 0.6 is 15.9 Å². The first-order chi connectivity index (χ1) is 13.9. The third-order valence-electron chi connectivity index (χ3n) is 4.50. The van der Waals surface area contributed by atoms with Crippen LogP contribution in [0.5, 0.6) is 0 Å². The van der Waals surface area contributed by atoms with Crippen LogP contribution in [0.1, 0.15) is 36.3 Å². The fourth-order valence-corrected chi connectivity index (χ4v) is 3.25. The number of amides is 2. The lowest BCUT2D eigenvalue weighted by molar-refractivity contribution is -0.123. The van der Waals surface area contributed by atoms with Crippen molar-refractivity contribution in [3.63, 3.8) is 0 Å². The predicted octanol–water partition coefficient (Wildman–Crippen LogP) is 4.90. The van der Waals surface area contributed by atoms with Crippen molar-refractivity contribution in [2.45, 2.75) is 32.9 Å². The molecule has 0 saturated heterocycles. The van der Waals surface area contributed by atoms with E-state index in [1.165, 1.54) is 6.92 Å². The Kier molecular flexibility index (Phi) is 6.88. The minimum Gasteiger partial charge on any atom is -0.459 e. The van der Waals surface area contributed by atoms with Gasteiger partial charge in [0.05, 0.1) is 19.0 Å². The second kappa shape index (κ2) is 9.56. The maximum atomic E-state index is 12.5. The summed E-state index contributed by atoms with van der Waals surface area (Å²) < 4.78 is 6.83. The molecule has 0 aliphatic rings. The second-order valence-electron chi connectivity index (χ2n) is 6.92. The highest BCUT2D eigenvalue weighted by Gasteiger charge is 2.17. The summed E-state index contributed by atoms with van der Waals surface area (Å²) in [4.78, 5) is 24.0. The van der Waals surface area contributed by atoms with Gasteiger partial charge in [-0.25, -0.2) is 0 Å². The molecule has 0 bridgehead atoms. The molecular weight excluding hydrogens is 432 g/mol. The van der Waals surface area contributed by atoms with Gasteiger partial charge in [-0.1, -0.05) is 57.9 Å². The van der Waals surface area contributed by atoms with Gasteiger partial charge in [0.2, 0.25) is 11.8 Å². The van der Waals surface area contributed by atoms with Crippen LogP contribution in [0.15, 0.2) is 69.6 Å². The molecule has 29 heavy (non-hydrogen) atoms. The Hall–Kier alpha value is -2.86. The molecule has 0 saturated carbocycles. The van der Waals surface area contributed by atoms with E-state index in [1.807, 2.05) is 67.6 Å². The number of benzene rings is 2. The Bertz CT molecular complexity index is 978. The average molecular weight is 455 g/mol. The van der Waals surface area contributed by atoms with Crippen molar-refractivity contribution in [2.75, 3.05) is 0 Å². The molecule has 2 amide bonds. The highest BCUT2D eigenvalue weighted by atomic mass is 79.9. The first-order valence-corrected chi connectivity index (χ1v) is 10.1. The molecular formula is C23H23BrN2O3. The number of aryl methyl sites for hydroxylation is 1. The fraction of sp³-hybridized carbons (Fsp3) is 0.217. The topological polar surface area (TPSA) is 71.3 Å². The van der Waals surface area contributed by atoms with E-state index in [4.69, 9.17) is 4.42 Å². The molecule has 3 aromatic rings. The molecule has 1 atom stereocenters. The van der Waals surface area contributed by atoms with Crippen molar-refractivity contribution in [1.82, 2.24) is 10.6 Å². The Morgan fingerprint density at radius 2 is 1.69 bits per heavy atom. The maximum Gasteiger partial charge on any atom is 0.222 e. The molecule has 5 nitrogen and oxygen atoms in total. The van der Waals surface area contributed by atoms with Gasteiger partial charge in [-0.3, -0.25) is 9.59 Å². The molecule has 1 aromatic heterocycles. The van der Waals surface area contributed by atoms with Gasteiger partial charge in [0.1, 0.15) is 11.5 Å². The van der Waals surface area contributed by atoms with Crippen LogP contribution in [0.25, 0.3) is 11.3 Å². The van der Waals surface area contributed by atoms with Crippen molar-refractivity contribution in [3.05, 3.63) is 82.0 Å². The smallest absolute Gasteiger partial charge is 0.222 e. The molecule has 6 heteroatoms. The number of furan rings is 1. The van der Waals surface area contributed by atoms with E-state index in [9.17, 15) is 9.59 Å². The van der Waals surface area contributed by atoms with Crippen LogP contribution in [0, 0.1) is 6.92 Å². The minimum absolute atomic E-state index is 0.156. The molecule has 1 unspecified atom stereocenters. The lowest BCUT2D eigenvalue weighted by atomic mass is 10.0. The van der Waals surface area contributed by atoms with Crippen LogP contribution < -0.4 is 10.6 Å². The van der Waals surface area contributed by atoms with Crippen molar-refractivity contribution < 1.29 is 14.0 Å². The van der Waals surface area contributed by atoms with Gasteiger partial charge >= 0.3 is 0 Å². The largest absolute Gasteiger partial charge is 0.459 e. The van der Waals surface area contributed by atoms with E-state index >= 15 is 0 Å². The van der Waals surface area contributed by atoms with Gasteiger partial charge in [0.15, 0.2) is 0 Å². The highest BCUT2D eigenvalue weighted by Crippen LogP contribution is 2.24. The highest BCUT2D eigenvalue weighted by molar-refractivity contribution is 9.10. The second-order valence-corrected chi connectivity index (χ2v) is 7.83. The monoisotopic (exact) mass is 454 g/mol. The lowest BCUT2D eigenvalue weighted by Gasteiger charge is -2.18. The van der Waals surface area contributed by atoms with E-state index in [0.717, 1.165) is 26.9 Å². The van der Waals surface area contributed by atoms with Crippen LogP contribution in [0.2, 0.25) is 0 Å². The van der Waals surface area contributed by atoms with Gasteiger partial charge in [-0.05, 0) is 36.8 Å². The van der Waals surface area contributed by atoms with Crippen molar-refractivity contribution in [2.24, 2.45) is 0 Å². The minimum atomic E-state index is -0.372. The first kappa shape index (κ1) is 20.9. The Balaban J connectivity index is 1.59.